The summed E-state index contributed by atoms with van der Waals surface area (Å²) in [4.78, 5) is 23.5. The normalized spacial score (nSPS) is 10.8. The minimum atomic E-state index is -1.47. The molecule has 0 saturated carbocycles. The van der Waals surface area contributed by atoms with E-state index in [9.17, 15) is 25.1 Å². The largest absolute Gasteiger partial charge is 0.545 e. The number of azo groups is 1. The average molecular weight is 374 g/mol. The lowest BCUT2D eigenvalue weighted by Gasteiger charge is -2.12. The van der Waals surface area contributed by atoms with Gasteiger partial charge in [-0.05, 0) is 31.5 Å². The second-order valence-electron chi connectivity index (χ2n) is 5.39. The molecule has 0 amide bonds. The van der Waals surface area contributed by atoms with Gasteiger partial charge in [0.1, 0.15) is 11.6 Å². The second kappa shape index (κ2) is 7.80. The summed E-state index contributed by atoms with van der Waals surface area (Å²) in [6.45, 7) is 3.49. The van der Waals surface area contributed by atoms with Crippen LogP contribution in [0.5, 0.6) is 5.88 Å². The number of rotatable bonds is 5. The molecule has 2 aromatic rings. The molecule has 0 aliphatic rings. The molecule has 0 aliphatic heterocycles. The lowest BCUT2D eigenvalue weighted by molar-refractivity contribution is -0.255. The Morgan fingerprint density at radius 3 is 2.69 bits per heavy atom. The molecule has 1 N–H and O–H groups in total. The summed E-state index contributed by atoms with van der Waals surface area (Å²) in [5.74, 6) is -1.88. The van der Waals surface area contributed by atoms with Crippen LogP contribution in [0.15, 0.2) is 33.2 Å². The van der Waals surface area contributed by atoms with Crippen molar-refractivity contribution in [3.8, 4) is 11.9 Å². The third-order valence-electron chi connectivity index (χ3n) is 3.65. The molecule has 0 atom stereocenters. The van der Waals surface area contributed by atoms with Crippen LogP contribution < -0.4 is 10.7 Å². The number of carbonyl (C=O) groups is 1. The number of carbonyl (C=O) groups excluding carboxylic acids is 1. The summed E-state index contributed by atoms with van der Waals surface area (Å²) in [5, 5.41) is 38.1. The fraction of sp³-hybridized carbons (Fsp3) is 0.235. The van der Waals surface area contributed by atoms with E-state index in [2.05, 4.69) is 10.2 Å². The average Bonchev–Trinajstić information content (AvgIpc) is 2.60. The quantitative estimate of drug-likeness (QED) is 0.804. The minimum Gasteiger partial charge on any atom is -0.545 e. The Bertz CT molecular complexity index is 1010. The Hall–Kier alpha value is -3.18. The molecule has 134 valence electrons. The number of aromatic hydroxyl groups is 1. The molecule has 0 saturated heterocycles. The third kappa shape index (κ3) is 3.58. The van der Waals surface area contributed by atoms with Gasteiger partial charge in [-0.2, -0.15) is 10.4 Å². The summed E-state index contributed by atoms with van der Waals surface area (Å²) in [5.41, 5.74) is -0.720. The van der Waals surface area contributed by atoms with Crippen molar-refractivity contribution in [1.82, 2.24) is 4.57 Å². The van der Waals surface area contributed by atoms with Crippen LogP contribution in [-0.4, -0.2) is 15.6 Å². The van der Waals surface area contributed by atoms with Gasteiger partial charge >= 0.3 is 0 Å². The van der Waals surface area contributed by atoms with Crippen molar-refractivity contribution in [3.05, 3.63) is 50.3 Å². The maximum Gasteiger partial charge on any atom is 0.281 e. The van der Waals surface area contributed by atoms with Crippen molar-refractivity contribution in [2.45, 2.75) is 26.8 Å². The summed E-state index contributed by atoms with van der Waals surface area (Å²) in [7, 11) is 0. The highest BCUT2D eigenvalue weighted by atomic mass is 35.5. The highest BCUT2D eigenvalue weighted by Gasteiger charge is 2.18. The van der Waals surface area contributed by atoms with E-state index in [0.29, 0.717) is 6.42 Å². The Balaban J connectivity index is 2.60. The molecule has 1 heterocycles. The minimum absolute atomic E-state index is 0.0122. The second-order valence-corrected chi connectivity index (χ2v) is 5.80. The lowest BCUT2D eigenvalue weighted by Crippen LogP contribution is -2.22. The smallest absolute Gasteiger partial charge is 0.281 e. The van der Waals surface area contributed by atoms with Gasteiger partial charge in [0.2, 0.25) is 5.88 Å². The number of pyridine rings is 1. The molecular weight excluding hydrogens is 360 g/mol. The van der Waals surface area contributed by atoms with Gasteiger partial charge < -0.3 is 15.0 Å². The van der Waals surface area contributed by atoms with Gasteiger partial charge in [0.15, 0.2) is 5.69 Å². The number of carboxylic acid groups (broad SMARTS) is 1. The molecule has 0 unspecified atom stereocenters. The zero-order chi connectivity index (χ0) is 19.4. The molecule has 1 aromatic carbocycles. The summed E-state index contributed by atoms with van der Waals surface area (Å²) < 4.78 is 1.05. The third-order valence-corrected chi connectivity index (χ3v) is 3.98. The fourth-order valence-electron chi connectivity index (χ4n) is 2.33. The summed E-state index contributed by atoms with van der Waals surface area (Å²) in [6, 6.07) is 5.74. The SMILES string of the molecule is CCCn1c(O)c(C#N)c(C)c(N=Nc2ccc(Cl)c(C(=O)[O-])c2)c1=O. The lowest BCUT2D eigenvalue weighted by atomic mass is 10.1. The van der Waals surface area contributed by atoms with E-state index in [1.807, 2.05) is 13.0 Å². The maximum atomic E-state index is 12.5. The van der Waals surface area contributed by atoms with E-state index >= 15 is 0 Å². The number of carboxylic acids is 1. The molecular formula is C17H14ClN4O4-. The molecule has 8 nitrogen and oxygen atoms in total. The van der Waals surface area contributed by atoms with Gasteiger partial charge in [0.25, 0.3) is 5.56 Å². The van der Waals surface area contributed by atoms with E-state index in [1.165, 1.54) is 19.1 Å². The zero-order valence-electron chi connectivity index (χ0n) is 14.0. The number of aromatic nitrogens is 1. The molecule has 0 fully saturated rings. The van der Waals surface area contributed by atoms with Gasteiger partial charge in [-0.25, -0.2) is 0 Å². The number of hydrogen-bond acceptors (Lipinski definition) is 7. The van der Waals surface area contributed by atoms with Crippen molar-refractivity contribution in [2.24, 2.45) is 10.2 Å². The molecule has 2 rings (SSSR count). The molecule has 0 bridgehead atoms. The molecule has 26 heavy (non-hydrogen) atoms. The van der Waals surface area contributed by atoms with Crippen molar-refractivity contribution in [2.75, 3.05) is 0 Å². The number of nitriles is 1. The van der Waals surface area contributed by atoms with Gasteiger partial charge in [-0.3, -0.25) is 9.36 Å². The Kier molecular flexibility index (Phi) is 5.75. The van der Waals surface area contributed by atoms with Crippen molar-refractivity contribution in [1.29, 1.82) is 5.26 Å². The fourth-order valence-corrected chi connectivity index (χ4v) is 2.52. The zero-order valence-corrected chi connectivity index (χ0v) is 14.7. The van der Waals surface area contributed by atoms with Crippen molar-refractivity contribution < 1.29 is 15.0 Å². The molecule has 0 spiro atoms. The first-order valence-corrected chi connectivity index (χ1v) is 7.98. The Morgan fingerprint density at radius 1 is 1.42 bits per heavy atom. The Morgan fingerprint density at radius 2 is 2.12 bits per heavy atom. The van der Waals surface area contributed by atoms with Crippen LogP contribution in [0.4, 0.5) is 11.4 Å². The predicted molar refractivity (Wildman–Crippen MR) is 92.1 cm³/mol. The van der Waals surface area contributed by atoms with Crippen LogP contribution in [-0.2, 0) is 6.54 Å². The van der Waals surface area contributed by atoms with Gasteiger partial charge in [-0.1, -0.05) is 18.5 Å². The first-order valence-electron chi connectivity index (χ1n) is 7.60. The number of hydrogen-bond donors (Lipinski definition) is 1. The molecule has 1 aromatic heterocycles. The maximum absolute atomic E-state index is 12.5. The standard InChI is InChI=1S/C17H15ClN4O4/c1-3-6-22-15(23)12(8-19)9(2)14(16(22)24)21-20-10-4-5-13(18)11(7-10)17(25)26/h4-5,7,23H,3,6H2,1-2H3,(H,25,26)/p-1. The van der Waals surface area contributed by atoms with Crippen LogP contribution in [0.2, 0.25) is 5.02 Å². The predicted octanol–water partition coefficient (Wildman–Crippen LogP) is 2.58. The van der Waals surface area contributed by atoms with E-state index in [0.717, 1.165) is 10.6 Å². The molecule has 0 aliphatic carbocycles. The Labute approximate surface area is 153 Å². The molecule has 0 radical (unpaired) electrons. The van der Waals surface area contributed by atoms with Crippen LogP contribution >= 0.6 is 11.6 Å². The van der Waals surface area contributed by atoms with E-state index in [1.54, 1.807) is 0 Å². The van der Waals surface area contributed by atoms with Gasteiger partial charge in [0, 0.05) is 22.7 Å². The van der Waals surface area contributed by atoms with Crippen LogP contribution in [0.3, 0.4) is 0 Å². The van der Waals surface area contributed by atoms with Gasteiger partial charge in [0.05, 0.1) is 11.7 Å². The number of halogens is 1. The van der Waals surface area contributed by atoms with Crippen molar-refractivity contribution in [3.63, 3.8) is 0 Å². The number of benzene rings is 1. The van der Waals surface area contributed by atoms with Crippen LogP contribution in [0.1, 0.15) is 34.8 Å². The highest BCUT2D eigenvalue weighted by molar-refractivity contribution is 6.33. The number of nitrogens with zero attached hydrogens (tertiary/aromatic N) is 4. The summed E-state index contributed by atoms with van der Waals surface area (Å²) in [6.07, 6.45) is 0.560. The van der Waals surface area contributed by atoms with E-state index in [4.69, 9.17) is 11.6 Å². The molecule has 9 heteroatoms. The first-order chi connectivity index (χ1) is 12.3. The monoisotopic (exact) mass is 373 g/mol. The van der Waals surface area contributed by atoms with Gasteiger partial charge in [-0.15, -0.1) is 5.11 Å². The summed E-state index contributed by atoms with van der Waals surface area (Å²) >= 11 is 5.76. The number of aromatic carboxylic acids is 1. The van der Waals surface area contributed by atoms with Crippen molar-refractivity contribution >= 4 is 28.9 Å². The topological polar surface area (TPSA) is 131 Å². The van der Waals surface area contributed by atoms with E-state index < -0.39 is 17.4 Å². The van der Waals surface area contributed by atoms with Crippen LogP contribution in [0.25, 0.3) is 0 Å². The first kappa shape index (κ1) is 19.1. The van der Waals surface area contributed by atoms with E-state index in [-0.39, 0.29) is 39.6 Å². The highest BCUT2D eigenvalue weighted by Crippen LogP contribution is 2.28. The van der Waals surface area contributed by atoms with Crippen LogP contribution in [0, 0.1) is 18.3 Å².